The van der Waals surface area contributed by atoms with Gasteiger partial charge in [-0.05, 0) is 31.1 Å². The standard InChI is InChI=1S/C20H40N4O2/c1-4-18(5-2)19(24-10-13-25-14-11-24)15-23-20(21-3)22-9-6-12-26-16-17-7-8-17/h17-19H,4-16H2,1-3H3,(H2,21,22,23). The molecular weight excluding hydrogens is 328 g/mol. The number of ether oxygens (including phenoxy) is 2. The molecule has 1 aliphatic carbocycles. The van der Waals surface area contributed by atoms with Crippen LogP contribution in [0, 0.1) is 11.8 Å². The third-order valence-electron chi connectivity index (χ3n) is 5.62. The minimum absolute atomic E-state index is 0.536. The predicted molar refractivity (Wildman–Crippen MR) is 108 cm³/mol. The summed E-state index contributed by atoms with van der Waals surface area (Å²) in [7, 11) is 1.85. The minimum atomic E-state index is 0.536. The van der Waals surface area contributed by atoms with Gasteiger partial charge in [-0.25, -0.2) is 0 Å². The Morgan fingerprint density at radius 3 is 2.54 bits per heavy atom. The first kappa shape index (κ1) is 21.5. The molecule has 0 spiro atoms. The highest BCUT2D eigenvalue weighted by atomic mass is 16.5. The lowest BCUT2D eigenvalue weighted by Crippen LogP contribution is -2.53. The topological polar surface area (TPSA) is 58.1 Å². The average Bonchev–Trinajstić information content (AvgIpc) is 3.51. The predicted octanol–water partition coefficient (Wildman–Crippen LogP) is 2.11. The van der Waals surface area contributed by atoms with Crippen LogP contribution < -0.4 is 10.6 Å². The Bertz CT molecular complexity index is 391. The molecule has 26 heavy (non-hydrogen) atoms. The van der Waals surface area contributed by atoms with E-state index in [-0.39, 0.29) is 0 Å². The van der Waals surface area contributed by atoms with Gasteiger partial charge in [-0.2, -0.15) is 0 Å². The van der Waals surface area contributed by atoms with Crippen LogP contribution >= 0.6 is 0 Å². The molecule has 2 rings (SSSR count). The van der Waals surface area contributed by atoms with E-state index >= 15 is 0 Å². The highest BCUT2D eigenvalue weighted by molar-refractivity contribution is 5.79. The van der Waals surface area contributed by atoms with Crippen molar-refractivity contribution in [1.29, 1.82) is 0 Å². The fourth-order valence-electron chi connectivity index (χ4n) is 3.67. The molecule has 2 fully saturated rings. The average molecular weight is 369 g/mol. The second-order valence-corrected chi connectivity index (χ2v) is 7.54. The van der Waals surface area contributed by atoms with Gasteiger partial charge in [0.15, 0.2) is 5.96 Å². The van der Waals surface area contributed by atoms with Crippen LogP contribution in [0.1, 0.15) is 46.0 Å². The van der Waals surface area contributed by atoms with Crippen LogP contribution in [0.15, 0.2) is 4.99 Å². The van der Waals surface area contributed by atoms with Crippen molar-refractivity contribution < 1.29 is 9.47 Å². The van der Waals surface area contributed by atoms with Crippen molar-refractivity contribution in [2.24, 2.45) is 16.8 Å². The van der Waals surface area contributed by atoms with Crippen molar-refractivity contribution >= 4 is 5.96 Å². The highest BCUT2D eigenvalue weighted by Gasteiger charge is 2.27. The maximum Gasteiger partial charge on any atom is 0.191 e. The Kier molecular flexibility index (Phi) is 10.3. The second-order valence-electron chi connectivity index (χ2n) is 7.54. The lowest BCUT2D eigenvalue weighted by Gasteiger charge is -2.39. The number of aliphatic imine (C=N–C) groups is 1. The van der Waals surface area contributed by atoms with Crippen LogP contribution in [0.25, 0.3) is 0 Å². The van der Waals surface area contributed by atoms with E-state index in [1.165, 1.54) is 25.7 Å². The molecule has 6 nitrogen and oxygen atoms in total. The maximum atomic E-state index is 5.69. The van der Waals surface area contributed by atoms with Gasteiger partial charge in [0, 0.05) is 52.5 Å². The molecule has 0 aromatic carbocycles. The zero-order valence-electron chi connectivity index (χ0n) is 17.1. The third-order valence-corrected chi connectivity index (χ3v) is 5.62. The molecule has 1 aliphatic heterocycles. The van der Waals surface area contributed by atoms with Crippen molar-refractivity contribution in [3.63, 3.8) is 0 Å². The highest BCUT2D eigenvalue weighted by Crippen LogP contribution is 2.28. The van der Waals surface area contributed by atoms with Crippen LogP contribution in [-0.2, 0) is 9.47 Å². The first-order chi connectivity index (χ1) is 12.8. The van der Waals surface area contributed by atoms with Crippen molar-refractivity contribution in [3.8, 4) is 0 Å². The summed E-state index contributed by atoms with van der Waals surface area (Å²) in [5.41, 5.74) is 0. The summed E-state index contributed by atoms with van der Waals surface area (Å²) in [4.78, 5) is 6.97. The minimum Gasteiger partial charge on any atom is -0.381 e. The molecule has 2 N–H and O–H groups in total. The monoisotopic (exact) mass is 368 g/mol. The number of nitrogens with one attached hydrogen (secondary N) is 2. The van der Waals surface area contributed by atoms with E-state index in [0.717, 1.165) is 70.9 Å². The molecule has 1 unspecified atom stereocenters. The molecule has 0 amide bonds. The lowest BCUT2D eigenvalue weighted by molar-refractivity contribution is 0.00272. The normalized spacial score (nSPS) is 20.4. The molecular formula is C20H40N4O2. The van der Waals surface area contributed by atoms with E-state index in [9.17, 15) is 0 Å². The van der Waals surface area contributed by atoms with Crippen molar-refractivity contribution in [2.45, 2.75) is 52.0 Å². The van der Waals surface area contributed by atoms with E-state index in [0.29, 0.717) is 12.0 Å². The zero-order valence-corrected chi connectivity index (χ0v) is 17.1. The number of hydrogen-bond donors (Lipinski definition) is 2. The number of nitrogens with zero attached hydrogens (tertiary/aromatic N) is 2. The van der Waals surface area contributed by atoms with Gasteiger partial charge in [-0.15, -0.1) is 0 Å². The lowest BCUT2D eigenvalue weighted by atomic mass is 9.92. The Hall–Kier alpha value is -0.850. The van der Waals surface area contributed by atoms with E-state index in [4.69, 9.17) is 9.47 Å². The molecule has 0 bridgehead atoms. The third kappa shape index (κ3) is 7.80. The maximum absolute atomic E-state index is 5.69. The molecule has 1 saturated heterocycles. The van der Waals surface area contributed by atoms with E-state index in [1.807, 2.05) is 7.05 Å². The van der Waals surface area contributed by atoms with E-state index in [1.54, 1.807) is 0 Å². The number of hydrogen-bond acceptors (Lipinski definition) is 4. The fraction of sp³-hybridized carbons (Fsp3) is 0.950. The molecule has 0 aromatic rings. The molecule has 2 aliphatic rings. The van der Waals surface area contributed by atoms with Crippen molar-refractivity contribution in [3.05, 3.63) is 0 Å². The van der Waals surface area contributed by atoms with Crippen LogP contribution in [0.5, 0.6) is 0 Å². The summed E-state index contributed by atoms with van der Waals surface area (Å²) in [5, 5.41) is 6.97. The van der Waals surface area contributed by atoms with Gasteiger partial charge in [0.2, 0.25) is 0 Å². The van der Waals surface area contributed by atoms with Gasteiger partial charge in [0.05, 0.1) is 13.2 Å². The van der Waals surface area contributed by atoms with Crippen LogP contribution in [-0.4, -0.2) is 76.6 Å². The Labute approximate surface area is 160 Å². The van der Waals surface area contributed by atoms with Gasteiger partial charge in [-0.1, -0.05) is 26.7 Å². The van der Waals surface area contributed by atoms with E-state index < -0.39 is 0 Å². The number of guanidine groups is 1. The summed E-state index contributed by atoms with van der Waals surface area (Å²) >= 11 is 0. The van der Waals surface area contributed by atoms with Gasteiger partial charge < -0.3 is 20.1 Å². The first-order valence-electron chi connectivity index (χ1n) is 10.6. The van der Waals surface area contributed by atoms with Crippen LogP contribution in [0.4, 0.5) is 0 Å². The summed E-state index contributed by atoms with van der Waals surface area (Å²) in [6.45, 7) is 12.0. The van der Waals surface area contributed by atoms with Crippen LogP contribution in [0.3, 0.4) is 0 Å². The van der Waals surface area contributed by atoms with Crippen molar-refractivity contribution in [2.75, 3.05) is 59.7 Å². The summed E-state index contributed by atoms with van der Waals surface area (Å²) in [6, 6.07) is 0.536. The molecule has 0 radical (unpaired) electrons. The Morgan fingerprint density at radius 2 is 1.92 bits per heavy atom. The van der Waals surface area contributed by atoms with Gasteiger partial charge in [0.1, 0.15) is 0 Å². The van der Waals surface area contributed by atoms with E-state index in [2.05, 4.69) is 34.4 Å². The van der Waals surface area contributed by atoms with Crippen molar-refractivity contribution in [1.82, 2.24) is 15.5 Å². The molecule has 6 heteroatoms. The fourth-order valence-corrected chi connectivity index (χ4v) is 3.67. The molecule has 152 valence electrons. The van der Waals surface area contributed by atoms with Gasteiger partial charge >= 0.3 is 0 Å². The van der Waals surface area contributed by atoms with Crippen LogP contribution in [0.2, 0.25) is 0 Å². The molecule has 1 saturated carbocycles. The quantitative estimate of drug-likeness (QED) is 0.314. The zero-order chi connectivity index (χ0) is 18.6. The SMILES string of the molecule is CCC(CC)C(CNC(=NC)NCCCOCC1CC1)N1CCOCC1. The molecule has 1 atom stereocenters. The summed E-state index contributed by atoms with van der Waals surface area (Å²) in [5.74, 6) is 2.45. The Balaban J connectivity index is 1.69. The van der Waals surface area contributed by atoms with Gasteiger partial charge in [-0.3, -0.25) is 9.89 Å². The summed E-state index contributed by atoms with van der Waals surface area (Å²) < 4.78 is 11.2. The largest absolute Gasteiger partial charge is 0.381 e. The first-order valence-corrected chi connectivity index (χ1v) is 10.6. The number of morpholine rings is 1. The molecule has 0 aromatic heterocycles. The summed E-state index contributed by atoms with van der Waals surface area (Å²) in [6.07, 6.45) is 6.16. The van der Waals surface area contributed by atoms with Gasteiger partial charge in [0.25, 0.3) is 0 Å². The Morgan fingerprint density at radius 1 is 1.19 bits per heavy atom. The number of rotatable bonds is 12. The molecule has 1 heterocycles. The smallest absolute Gasteiger partial charge is 0.191 e. The second kappa shape index (κ2) is 12.5.